The Bertz CT molecular complexity index is 166. The van der Waals surface area contributed by atoms with Crippen LogP contribution in [0.4, 0.5) is 0 Å². The maximum Gasteiger partial charge on any atom is 0 e. The Labute approximate surface area is 88.9 Å². The molecule has 60 valence electrons. The van der Waals surface area contributed by atoms with Crippen LogP contribution >= 0.6 is 0 Å². The molecule has 0 radical (unpaired) electrons. The van der Waals surface area contributed by atoms with E-state index in [2.05, 4.69) is 26.0 Å². The van der Waals surface area contributed by atoms with Gasteiger partial charge < -0.3 is 0 Å². The smallest absolute Gasteiger partial charge is 0 e. The van der Waals surface area contributed by atoms with Crippen molar-refractivity contribution < 1.29 is 26.2 Å². The zero-order chi connectivity index (χ0) is 7.40. The van der Waals surface area contributed by atoms with E-state index in [4.69, 9.17) is 0 Å². The number of rotatable bonds is 3. The Morgan fingerprint density at radius 3 is 2.73 bits per heavy atom. The third kappa shape index (κ3) is 4.06. The molecule has 0 aromatic rings. The predicted molar refractivity (Wildman–Crippen MR) is 44.7 cm³/mol. The summed E-state index contributed by atoms with van der Waals surface area (Å²) >= 11 is 0. The van der Waals surface area contributed by atoms with Gasteiger partial charge in [0.25, 0.3) is 0 Å². The van der Waals surface area contributed by atoms with Crippen molar-refractivity contribution in [3.05, 3.63) is 23.3 Å². The first-order valence-corrected chi connectivity index (χ1v) is 4.11. The first-order valence-electron chi connectivity index (χ1n) is 4.11. The Morgan fingerprint density at radius 1 is 1.55 bits per heavy atom. The molecule has 0 aliphatic heterocycles. The van der Waals surface area contributed by atoms with Gasteiger partial charge in [0.1, 0.15) is 0 Å². The van der Waals surface area contributed by atoms with E-state index in [0.29, 0.717) is 0 Å². The summed E-state index contributed by atoms with van der Waals surface area (Å²) in [6.45, 7) is 4.36. The summed E-state index contributed by atoms with van der Waals surface area (Å²) in [5.74, 6) is 0. The molecule has 0 saturated carbocycles. The second kappa shape index (κ2) is 5.94. The van der Waals surface area contributed by atoms with Gasteiger partial charge >= 0.3 is 0 Å². The largest absolute Gasteiger partial charge is 0.250 e. The minimum atomic E-state index is 0. The summed E-state index contributed by atoms with van der Waals surface area (Å²) in [4.78, 5) is 0. The Balaban J connectivity index is 0.000001000. The van der Waals surface area contributed by atoms with E-state index in [1.54, 1.807) is 0 Å². The standard InChI is InChI=1S/C10H15.Zr/c1-3-4-5-10-7-6-9(2)8-10;/h6H,3-5,7H2,1-2H3;/q-1;. The van der Waals surface area contributed by atoms with E-state index >= 15 is 0 Å². The van der Waals surface area contributed by atoms with Gasteiger partial charge in [0.05, 0.1) is 0 Å². The summed E-state index contributed by atoms with van der Waals surface area (Å²) in [5.41, 5.74) is 2.82. The van der Waals surface area contributed by atoms with Crippen LogP contribution in [0.15, 0.2) is 17.2 Å². The minimum Gasteiger partial charge on any atom is -0.250 e. The van der Waals surface area contributed by atoms with Gasteiger partial charge in [0, 0.05) is 26.2 Å². The average Bonchev–Trinajstić information content (AvgIpc) is 2.31. The van der Waals surface area contributed by atoms with Gasteiger partial charge in [-0.1, -0.05) is 39.5 Å². The van der Waals surface area contributed by atoms with Gasteiger partial charge in [0.15, 0.2) is 0 Å². The zero-order valence-corrected chi connectivity index (χ0v) is 9.86. The topological polar surface area (TPSA) is 0 Å². The molecule has 0 heterocycles. The molecule has 0 fully saturated rings. The second-order valence-electron chi connectivity index (χ2n) is 2.92. The molecule has 11 heavy (non-hydrogen) atoms. The summed E-state index contributed by atoms with van der Waals surface area (Å²) in [6, 6.07) is 0. The molecule has 1 rings (SSSR count). The van der Waals surface area contributed by atoms with Crippen molar-refractivity contribution in [2.75, 3.05) is 0 Å². The third-order valence-electron chi connectivity index (χ3n) is 1.86. The van der Waals surface area contributed by atoms with Crippen molar-refractivity contribution in [2.24, 2.45) is 0 Å². The van der Waals surface area contributed by atoms with Gasteiger partial charge in [-0.25, -0.2) is 17.7 Å². The van der Waals surface area contributed by atoms with Gasteiger partial charge in [-0.3, -0.25) is 0 Å². The van der Waals surface area contributed by atoms with Crippen LogP contribution in [0.25, 0.3) is 0 Å². The van der Waals surface area contributed by atoms with Crippen LogP contribution < -0.4 is 0 Å². The monoisotopic (exact) mass is 225 g/mol. The zero-order valence-electron chi connectivity index (χ0n) is 7.41. The van der Waals surface area contributed by atoms with E-state index in [1.165, 1.54) is 30.4 Å². The number of hydrogen-bond donors (Lipinski definition) is 0. The van der Waals surface area contributed by atoms with Crippen molar-refractivity contribution in [3.63, 3.8) is 0 Å². The molecule has 0 aromatic heterocycles. The number of hydrogen-bond acceptors (Lipinski definition) is 0. The maximum absolute atomic E-state index is 3.37. The molecule has 0 saturated heterocycles. The number of allylic oxidation sites excluding steroid dienone is 4. The molecule has 0 nitrogen and oxygen atoms in total. The van der Waals surface area contributed by atoms with Crippen LogP contribution in [0.3, 0.4) is 0 Å². The fourth-order valence-corrected chi connectivity index (χ4v) is 1.21. The summed E-state index contributed by atoms with van der Waals surface area (Å²) in [5, 5.41) is 0. The molecule has 1 aliphatic carbocycles. The molecule has 0 bridgehead atoms. The molecular weight excluding hydrogens is 211 g/mol. The van der Waals surface area contributed by atoms with Crippen LogP contribution in [0.5, 0.6) is 0 Å². The van der Waals surface area contributed by atoms with Crippen molar-refractivity contribution in [3.8, 4) is 0 Å². The molecule has 0 unspecified atom stereocenters. The van der Waals surface area contributed by atoms with Gasteiger partial charge in [0.2, 0.25) is 0 Å². The fraction of sp³-hybridized carbons (Fsp3) is 0.600. The first kappa shape index (κ1) is 11.4. The van der Waals surface area contributed by atoms with Crippen LogP contribution in [0.1, 0.15) is 39.5 Å². The van der Waals surface area contributed by atoms with Crippen molar-refractivity contribution in [1.82, 2.24) is 0 Å². The Kier molecular flexibility index (Phi) is 6.14. The van der Waals surface area contributed by atoms with Crippen LogP contribution in [0.2, 0.25) is 0 Å². The first-order chi connectivity index (χ1) is 4.83. The van der Waals surface area contributed by atoms with E-state index in [1.807, 2.05) is 0 Å². The maximum atomic E-state index is 3.37. The molecule has 0 aromatic carbocycles. The molecule has 1 aliphatic rings. The normalized spacial score (nSPS) is 15.5. The van der Waals surface area contributed by atoms with Gasteiger partial charge in [-0.2, -0.15) is 5.57 Å². The van der Waals surface area contributed by atoms with Crippen molar-refractivity contribution in [2.45, 2.75) is 39.5 Å². The van der Waals surface area contributed by atoms with E-state index < -0.39 is 0 Å². The Hall–Kier alpha value is 0.363. The quantitative estimate of drug-likeness (QED) is 0.648. The molecule has 0 N–H and O–H groups in total. The summed E-state index contributed by atoms with van der Waals surface area (Å²) in [6.07, 6.45) is 10.7. The SMILES string of the molecule is CCCCC1=[C-]C(C)=CC1.[Zr]. The molecule has 1 heteroatoms. The van der Waals surface area contributed by atoms with Crippen LogP contribution in [-0.2, 0) is 26.2 Å². The van der Waals surface area contributed by atoms with Crippen LogP contribution in [0, 0.1) is 6.08 Å². The van der Waals surface area contributed by atoms with Crippen molar-refractivity contribution in [1.29, 1.82) is 0 Å². The Morgan fingerprint density at radius 2 is 2.27 bits per heavy atom. The van der Waals surface area contributed by atoms with E-state index in [9.17, 15) is 0 Å². The summed E-state index contributed by atoms with van der Waals surface area (Å²) in [7, 11) is 0. The summed E-state index contributed by atoms with van der Waals surface area (Å²) < 4.78 is 0. The minimum absolute atomic E-state index is 0. The van der Waals surface area contributed by atoms with Crippen LogP contribution in [-0.4, -0.2) is 0 Å². The second-order valence-corrected chi connectivity index (χ2v) is 2.92. The molecule has 0 spiro atoms. The molecule has 0 atom stereocenters. The molecule has 0 amide bonds. The van der Waals surface area contributed by atoms with Crippen molar-refractivity contribution >= 4 is 0 Å². The number of unbranched alkanes of at least 4 members (excludes halogenated alkanes) is 1. The van der Waals surface area contributed by atoms with E-state index in [-0.39, 0.29) is 26.2 Å². The van der Waals surface area contributed by atoms with E-state index in [0.717, 1.165) is 6.42 Å². The third-order valence-corrected chi connectivity index (χ3v) is 1.86. The van der Waals surface area contributed by atoms with Gasteiger partial charge in [-0.05, 0) is 0 Å². The predicted octanol–water partition coefficient (Wildman–Crippen LogP) is 3.25. The fourth-order valence-electron chi connectivity index (χ4n) is 1.21. The van der Waals surface area contributed by atoms with Gasteiger partial charge in [-0.15, -0.1) is 0 Å². The molecular formula is C10H15Zr-. The average molecular weight is 226 g/mol.